The molecule has 1 unspecified atom stereocenters. The second-order valence-electron chi connectivity index (χ2n) is 7.68. The topological polar surface area (TPSA) is 105 Å². The molecule has 0 bridgehead atoms. The third-order valence-electron chi connectivity index (χ3n) is 4.09. The molecule has 1 aliphatic rings. The minimum absolute atomic E-state index is 0.0193. The van der Waals surface area contributed by atoms with Gasteiger partial charge in [-0.15, -0.1) is 0 Å². The summed E-state index contributed by atoms with van der Waals surface area (Å²) in [5, 5.41) is 21.4. The van der Waals surface area contributed by atoms with E-state index < -0.39 is 10.5 Å². The van der Waals surface area contributed by atoms with Crippen molar-refractivity contribution in [2.75, 3.05) is 26.2 Å². The van der Waals surface area contributed by atoms with Gasteiger partial charge in [0.2, 0.25) is 5.91 Å². The lowest BCUT2D eigenvalue weighted by Gasteiger charge is -2.43. The van der Waals surface area contributed by atoms with Crippen molar-refractivity contribution in [1.29, 1.82) is 0 Å². The fraction of sp³-hybridized carbons (Fsp3) is 0.733. The van der Waals surface area contributed by atoms with Crippen LogP contribution in [0.15, 0.2) is 6.20 Å². The second kappa shape index (κ2) is 6.89. The van der Waals surface area contributed by atoms with E-state index in [0.29, 0.717) is 13.1 Å². The first-order chi connectivity index (χ1) is 11.4. The van der Waals surface area contributed by atoms with E-state index in [2.05, 4.69) is 4.98 Å². The lowest BCUT2D eigenvalue weighted by molar-refractivity contribution is -0.389. The summed E-state index contributed by atoms with van der Waals surface area (Å²) in [6, 6.07) is 0. The average Bonchev–Trinajstić information content (AvgIpc) is 2.77. The van der Waals surface area contributed by atoms with Gasteiger partial charge in [0.05, 0.1) is 18.7 Å². The molecule has 25 heavy (non-hydrogen) atoms. The van der Waals surface area contributed by atoms with Gasteiger partial charge in [0.15, 0.2) is 0 Å². The second-order valence-corrected chi connectivity index (χ2v) is 8.01. The number of halogens is 1. The van der Waals surface area contributed by atoms with Crippen molar-refractivity contribution in [2.45, 2.75) is 45.4 Å². The Morgan fingerprint density at radius 3 is 2.44 bits per heavy atom. The van der Waals surface area contributed by atoms with Crippen molar-refractivity contribution >= 4 is 23.3 Å². The molecule has 9 nitrogen and oxygen atoms in total. The van der Waals surface area contributed by atoms with Gasteiger partial charge in [-0.2, -0.15) is 0 Å². The molecular weight excluding hydrogens is 350 g/mol. The van der Waals surface area contributed by atoms with Crippen LogP contribution in [0.1, 0.15) is 27.7 Å². The molecule has 1 fully saturated rings. The van der Waals surface area contributed by atoms with Gasteiger partial charge in [0.25, 0.3) is 0 Å². The molecule has 140 valence electrons. The molecular formula is C15H24ClN5O4. The van der Waals surface area contributed by atoms with Crippen molar-refractivity contribution in [2.24, 2.45) is 0 Å². The maximum Gasteiger partial charge on any atom is 0.383 e. The minimum atomic E-state index is -1.22. The summed E-state index contributed by atoms with van der Waals surface area (Å²) in [5.41, 5.74) is -1.45. The number of piperazine rings is 1. The number of amides is 1. The van der Waals surface area contributed by atoms with E-state index in [1.54, 1.807) is 6.92 Å². The third-order valence-corrected chi connectivity index (χ3v) is 4.39. The van der Waals surface area contributed by atoms with Crippen molar-refractivity contribution in [1.82, 2.24) is 19.4 Å². The van der Waals surface area contributed by atoms with E-state index in [4.69, 9.17) is 11.6 Å². The van der Waals surface area contributed by atoms with Crippen LogP contribution in [0.5, 0.6) is 0 Å². The number of carbonyl (C=O) groups is 1. The Balaban J connectivity index is 2.00. The van der Waals surface area contributed by atoms with E-state index in [-0.39, 0.29) is 42.2 Å². The minimum Gasteiger partial charge on any atom is -0.387 e. The molecule has 1 saturated heterocycles. The molecule has 1 atom stereocenters. The van der Waals surface area contributed by atoms with Crippen LogP contribution < -0.4 is 0 Å². The van der Waals surface area contributed by atoms with Gasteiger partial charge >= 0.3 is 11.1 Å². The Labute approximate surface area is 151 Å². The highest BCUT2D eigenvalue weighted by Gasteiger charge is 2.35. The van der Waals surface area contributed by atoms with Crippen LogP contribution in [0, 0.1) is 10.1 Å². The Bertz CT molecular complexity index is 667. The summed E-state index contributed by atoms with van der Waals surface area (Å²) in [6.07, 6.45) is 1.19. The zero-order valence-corrected chi connectivity index (χ0v) is 15.7. The largest absolute Gasteiger partial charge is 0.387 e. The van der Waals surface area contributed by atoms with Gasteiger partial charge in [0, 0.05) is 25.2 Å². The third kappa shape index (κ3) is 4.90. The van der Waals surface area contributed by atoms with Crippen LogP contribution in [-0.2, 0) is 11.3 Å². The summed E-state index contributed by atoms with van der Waals surface area (Å²) < 4.78 is 1.34. The fourth-order valence-corrected chi connectivity index (χ4v) is 3.24. The van der Waals surface area contributed by atoms with Crippen LogP contribution >= 0.6 is 11.6 Å². The zero-order valence-electron chi connectivity index (χ0n) is 14.9. The number of aromatic nitrogens is 2. The Kier molecular flexibility index (Phi) is 5.41. The van der Waals surface area contributed by atoms with E-state index in [0.717, 1.165) is 0 Å². The molecule has 0 radical (unpaired) electrons. The van der Waals surface area contributed by atoms with Gasteiger partial charge in [-0.25, -0.2) is 0 Å². The first-order valence-electron chi connectivity index (χ1n) is 8.01. The molecule has 1 aromatic heterocycles. The lowest BCUT2D eigenvalue weighted by atomic mass is 10.0. The molecule has 2 rings (SSSR count). The van der Waals surface area contributed by atoms with Crippen LogP contribution in [0.2, 0.25) is 5.28 Å². The number of aliphatic hydroxyl groups is 1. The molecule has 0 aliphatic carbocycles. The first-order valence-corrected chi connectivity index (χ1v) is 8.39. The highest BCUT2D eigenvalue weighted by molar-refractivity contribution is 6.28. The monoisotopic (exact) mass is 373 g/mol. The molecule has 10 heteroatoms. The van der Waals surface area contributed by atoms with Crippen molar-refractivity contribution < 1.29 is 14.8 Å². The molecule has 0 spiro atoms. The predicted octanol–water partition coefficient (Wildman–Crippen LogP) is 1.14. The van der Waals surface area contributed by atoms with Gasteiger partial charge < -0.3 is 20.1 Å². The van der Waals surface area contributed by atoms with Crippen LogP contribution in [0.3, 0.4) is 0 Å². The van der Waals surface area contributed by atoms with Gasteiger partial charge in [-0.1, -0.05) is 0 Å². The maximum absolute atomic E-state index is 12.3. The van der Waals surface area contributed by atoms with Crippen molar-refractivity contribution in [3.63, 3.8) is 0 Å². The van der Waals surface area contributed by atoms with Gasteiger partial charge in [-0.3, -0.25) is 14.3 Å². The maximum atomic E-state index is 12.3. The first kappa shape index (κ1) is 19.6. The number of nitro groups is 1. The summed E-state index contributed by atoms with van der Waals surface area (Å²) in [5.74, 6) is -0.347. The zero-order chi connectivity index (χ0) is 19.0. The van der Waals surface area contributed by atoms with Crippen LogP contribution in [-0.4, -0.2) is 72.6 Å². The Morgan fingerprint density at radius 2 is 1.96 bits per heavy atom. The van der Waals surface area contributed by atoms with E-state index >= 15 is 0 Å². The molecule has 0 aromatic carbocycles. The highest BCUT2D eigenvalue weighted by Crippen LogP contribution is 2.21. The summed E-state index contributed by atoms with van der Waals surface area (Å²) >= 11 is 5.89. The van der Waals surface area contributed by atoms with Crippen LogP contribution in [0.25, 0.3) is 0 Å². The predicted molar refractivity (Wildman–Crippen MR) is 92.4 cm³/mol. The summed E-state index contributed by atoms with van der Waals surface area (Å²) in [4.78, 5) is 29.8. The Morgan fingerprint density at radius 1 is 1.32 bits per heavy atom. The smallest absolute Gasteiger partial charge is 0.383 e. The molecule has 0 saturated carbocycles. The highest BCUT2D eigenvalue weighted by atomic mass is 35.5. The summed E-state index contributed by atoms with van der Waals surface area (Å²) in [7, 11) is 0. The van der Waals surface area contributed by atoms with Gasteiger partial charge in [0.1, 0.15) is 6.20 Å². The molecule has 1 aromatic rings. The SMILES string of the molecule is CC(O)(CN1CCN(C(C)(C)C)C(=O)C1)Cn1cc([N+](=O)[O-])nc1Cl. The number of nitrogens with zero attached hydrogens (tertiary/aromatic N) is 5. The number of β-amino-alcohol motifs (C(OH)–C–C–N with tert-alkyl or cyclic N) is 1. The van der Waals surface area contributed by atoms with Crippen molar-refractivity contribution in [3.05, 3.63) is 21.6 Å². The van der Waals surface area contributed by atoms with Crippen LogP contribution in [0.4, 0.5) is 5.82 Å². The number of hydrogen-bond acceptors (Lipinski definition) is 6. The van der Waals surface area contributed by atoms with Crippen molar-refractivity contribution in [3.8, 4) is 0 Å². The molecule has 1 aliphatic heterocycles. The standard InChI is InChI=1S/C15H24ClN5O4/c1-14(2,3)20-6-5-18(8-12(20)22)9-15(4,23)10-19-7-11(21(24)25)17-13(19)16/h7,23H,5-6,8-10H2,1-4H3. The number of rotatable bonds is 5. The quantitative estimate of drug-likeness (QED) is 0.613. The molecule has 2 heterocycles. The molecule has 1 amide bonds. The van der Waals surface area contributed by atoms with E-state index in [9.17, 15) is 20.0 Å². The molecule has 1 N–H and O–H groups in total. The van der Waals surface area contributed by atoms with E-state index in [1.165, 1.54) is 10.8 Å². The average molecular weight is 374 g/mol. The fourth-order valence-electron chi connectivity index (χ4n) is 3.04. The number of carbonyl (C=O) groups excluding carboxylic acids is 1. The Hall–Kier alpha value is -1.71. The van der Waals surface area contributed by atoms with Gasteiger partial charge in [-0.05, 0) is 49.2 Å². The number of hydrogen-bond donors (Lipinski definition) is 1. The normalized spacial score (nSPS) is 19.1. The van der Waals surface area contributed by atoms with E-state index in [1.807, 2.05) is 30.6 Å². The number of imidazole rings is 1. The lowest BCUT2D eigenvalue weighted by Crippen LogP contribution is -2.59. The summed E-state index contributed by atoms with van der Waals surface area (Å²) in [6.45, 7) is 9.34.